The third-order valence-electron chi connectivity index (χ3n) is 6.20. The number of aromatic nitrogens is 3. The maximum atomic E-state index is 13.6. The molecule has 0 spiro atoms. The van der Waals surface area contributed by atoms with Gasteiger partial charge < -0.3 is 9.64 Å². The molecule has 0 aliphatic carbocycles. The van der Waals surface area contributed by atoms with Crippen molar-refractivity contribution in [1.29, 1.82) is 0 Å². The monoisotopic (exact) mass is 494 g/mol. The van der Waals surface area contributed by atoms with Gasteiger partial charge in [0.2, 0.25) is 5.91 Å². The molecule has 1 saturated heterocycles. The van der Waals surface area contributed by atoms with Gasteiger partial charge in [0.1, 0.15) is 11.5 Å². The second kappa shape index (κ2) is 9.03. The number of halogens is 3. The molecular weight excluding hydrogens is 473 g/mol. The molecule has 7 nitrogen and oxygen atoms in total. The minimum absolute atomic E-state index is 0.167. The van der Waals surface area contributed by atoms with Crippen molar-refractivity contribution >= 4 is 16.9 Å². The number of ether oxygens (including phenoxy) is 1. The zero-order valence-electron chi connectivity index (χ0n) is 19.0. The van der Waals surface area contributed by atoms with Gasteiger partial charge in [0.25, 0.3) is 0 Å². The number of amides is 1. The molecule has 1 aliphatic heterocycles. The van der Waals surface area contributed by atoms with Crippen molar-refractivity contribution in [3.8, 4) is 17.2 Å². The Hall–Kier alpha value is -4.34. The molecule has 184 valence electrons. The Morgan fingerprint density at radius 3 is 2.33 bits per heavy atom. The quantitative estimate of drug-likeness (QED) is 0.368. The molecule has 0 bridgehead atoms. The van der Waals surface area contributed by atoms with Crippen LogP contribution in [0.1, 0.15) is 18.0 Å². The summed E-state index contributed by atoms with van der Waals surface area (Å²) in [6, 6.07) is 12.7. The highest BCUT2D eigenvalue weighted by Gasteiger charge is 2.31. The van der Waals surface area contributed by atoms with Crippen molar-refractivity contribution in [3.63, 3.8) is 0 Å². The summed E-state index contributed by atoms with van der Waals surface area (Å²) in [5.41, 5.74) is 0.889. The van der Waals surface area contributed by atoms with Gasteiger partial charge in [0.15, 0.2) is 0 Å². The van der Waals surface area contributed by atoms with Crippen LogP contribution in [-0.2, 0) is 11.0 Å². The fourth-order valence-corrected chi connectivity index (χ4v) is 4.46. The fourth-order valence-electron chi connectivity index (χ4n) is 4.46. The second-order valence-electron chi connectivity index (χ2n) is 8.40. The number of imidazole rings is 1. The Bertz CT molecular complexity index is 1490. The summed E-state index contributed by atoms with van der Waals surface area (Å²) in [5.74, 6) is 0.496. The number of fused-ring (bicyclic) bond motifs is 1. The molecule has 0 saturated carbocycles. The normalized spacial score (nSPS) is 15.9. The number of alkyl halides is 3. The van der Waals surface area contributed by atoms with E-state index in [2.05, 4.69) is 11.6 Å². The first-order valence-corrected chi connectivity index (χ1v) is 11.2. The first kappa shape index (κ1) is 23.4. The van der Waals surface area contributed by atoms with Gasteiger partial charge in [-0.2, -0.15) is 13.2 Å². The number of carbonyl (C=O) groups excluding carboxylic acids is 1. The third kappa shape index (κ3) is 4.26. The molecule has 0 unspecified atom stereocenters. The SMILES string of the molecule is C=CC(=O)N1CC[C@@H](n2c(=O)n(-c3ccc(Oc4ccc(C(F)(F)F)cc4)cc3)c3cnccc32)C1. The minimum Gasteiger partial charge on any atom is -0.457 e. The van der Waals surface area contributed by atoms with E-state index in [1.807, 2.05) is 0 Å². The molecule has 0 N–H and O–H groups in total. The van der Waals surface area contributed by atoms with Crippen molar-refractivity contribution in [2.24, 2.45) is 0 Å². The Balaban J connectivity index is 1.44. The third-order valence-corrected chi connectivity index (χ3v) is 6.20. The maximum absolute atomic E-state index is 13.6. The summed E-state index contributed by atoms with van der Waals surface area (Å²) in [5, 5.41) is 0. The first-order valence-electron chi connectivity index (χ1n) is 11.2. The number of likely N-dealkylation sites (tertiary alicyclic amines) is 1. The number of hydrogen-bond acceptors (Lipinski definition) is 4. The lowest BCUT2D eigenvalue weighted by molar-refractivity contribution is -0.137. The molecule has 5 rings (SSSR count). The van der Waals surface area contributed by atoms with Crippen molar-refractivity contribution < 1.29 is 22.7 Å². The van der Waals surface area contributed by atoms with Crippen LogP contribution in [-0.4, -0.2) is 38.0 Å². The molecule has 1 fully saturated rings. The summed E-state index contributed by atoms with van der Waals surface area (Å²) in [7, 11) is 0. The van der Waals surface area contributed by atoms with Crippen LogP contribution in [0.15, 0.2) is 84.4 Å². The van der Waals surface area contributed by atoms with Gasteiger partial charge in [-0.05, 0) is 67.1 Å². The van der Waals surface area contributed by atoms with Gasteiger partial charge in [-0.25, -0.2) is 4.79 Å². The summed E-state index contributed by atoms with van der Waals surface area (Å²) in [4.78, 5) is 31.4. The Morgan fingerprint density at radius 2 is 1.69 bits per heavy atom. The van der Waals surface area contributed by atoms with Crippen LogP contribution in [0.2, 0.25) is 0 Å². The largest absolute Gasteiger partial charge is 0.457 e. The molecular formula is C26H21F3N4O3. The zero-order valence-corrected chi connectivity index (χ0v) is 19.0. The van der Waals surface area contributed by atoms with E-state index < -0.39 is 11.7 Å². The summed E-state index contributed by atoms with van der Waals surface area (Å²) >= 11 is 0. The average molecular weight is 494 g/mol. The van der Waals surface area contributed by atoms with E-state index >= 15 is 0 Å². The molecule has 4 aromatic rings. The van der Waals surface area contributed by atoms with Crippen LogP contribution >= 0.6 is 0 Å². The van der Waals surface area contributed by atoms with Gasteiger partial charge in [-0.3, -0.25) is 18.9 Å². The Morgan fingerprint density at radius 1 is 1.03 bits per heavy atom. The standard InChI is InChI=1S/C26H21F3N4O3/c1-2-24(34)31-14-12-19(16-31)33-22-11-13-30-15-23(22)32(25(33)35)18-5-9-21(10-6-18)36-20-7-3-17(4-8-20)26(27,28)29/h2-11,13,15,19H,1,12,14,16H2/t19-/m1/s1. The average Bonchev–Trinajstić information content (AvgIpc) is 3.46. The van der Waals surface area contributed by atoms with Crippen LogP contribution in [0.25, 0.3) is 16.7 Å². The Kier molecular flexibility index (Phi) is 5.87. The lowest BCUT2D eigenvalue weighted by Gasteiger charge is -2.15. The molecule has 3 heterocycles. The molecule has 2 aromatic heterocycles. The van der Waals surface area contributed by atoms with Gasteiger partial charge in [-0.15, -0.1) is 0 Å². The van der Waals surface area contributed by atoms with Gasteiger partial charge in [-0.1, -0.05) is 6.58 Å². The number of carbonyl (C=O) groups is 1. The number of benzene rings is 2. The van der Waals surface area contributed by atoms with E-state index in [0.29, 0.717) is 42.0 Å². The van der Waals surface area contributed by atoms with Crippen molar-refractivity contribution in [2.75, 3.05) is 13.1 Å². The summed E-state index contributed by atoms with van der Waals surface area (Å²) in [6.07, 6.45) is 0.722. The van der Waals surface area contributed by atoms with E-state index in [1.54, 1.807) is 56.8 Å². The second-order valence-corrected chi connectivity index (χ2v) is 8.40. The van der Waals surface area contributed by atoms with Gasteiger partial charge in [0.05, 0.1) is 34.5 Å². The van der Waals surface area contributed by atoms with E-state index in [1.165, 1.54) is 18.2 Å². The highest BCUT2D eigenvalue weighted by atomic mass is 19.4. The van der Waals surface area contributed by atoms with Crippen LogP contribution < -0.4 is 10.4 Å². The van der Waals surface area contributed by atoms with Crippen LogP contribution in [0.4, 0.5) is 13.2 Å². The Labute approximate surface area is 203 Å². The number of rotatable bonds is 5. The number of pyridine rings is 1. The number of nitrogens with zero attached hydrogens (tertiary/aromatic N) is 4. The highest BCUT2D eigenvalue weighted by Crippen LogP contribution is 2.32. The lowest BCUT2D eigenvalue weighted by Crippen LogP contribution is -2.31. The lowest BCUT2D eigenvalue weighted by atomic mass is 10.2. The van der Waals surface area contributed by atoms with Crippen molar-refractivity contribution in [3.05, 3.63) is 95.7 Å². The predicted molar refractivity (Wildman–Crippen MR) is 127 cm³/mol. The molecule has 10 heteroatoms. The molecule has 36 heavy (non-hydrogen) atoms. The van der Waals surface area contributed by atoms with E-state index in [-0.39, 0.29) is 23.4 Å². The van der Waals surface area contributed by atoms with Crippen LogP contribution in [0.3, 0.4) is 0 Å². The van der Waals surface area contributed by atoms with Crippen molar-refractivity contribution in [2.45, 2.75) is 18.6 Å². The smallest absolute Gasteiger partial charge is 0.416 e. The number of hydrogen-bond donors (Lipinski definition) is 0. The molecule has 2 aromatic carbocycles. The van der Waals surface area contributed by atoms with Gasteiger partial charge in [0, 0.05) is 19.3 Å². The van der Waals surface area contributed by atoms with E-state index in [4.69, 9.17) is 4.74 Å². The van der Waals surface area contributed by atoms with Crippen LogP contribution in [0, 0.1) is 0 Å². The minimum atomic E-state index is -4.42. The molecule has 0 radical (unpaired) electrons. The van der Waals surface area contributed by atoms with Crippen molar-refractivity contribution in [1.82, 2.24) is 19.0 Å². The first-order chi connectivity index (χ1) is 17.3. The zero-order chi connectivity index (χ0) is 25.4. The van der Waals surface area contributed by atoms with Crippen LogP contribution in [0.5, 0.6) is 11.5 Å². The predicted octanol–water partition coefficient (Wildman–Crippen LogP) is 4.96. The highest BCUT2D eigenvalue weighted by molar-refractivity contribution is 5.87. The van der Waals surface area contributed by atoms with Gasteiger partial charge >= 0.3 is 11.9 Å². The summed E-state index contributed by atoms with van der Waals surface area (Å²) < 4.78 is 47.2. The maximum Gasteiger partial charge on any atom is 0.416 e. The molecule has 1 amide bonds. The van der Waals surface area contributed by atoms with E-state index in [9.17, 15) is 22.8 Å². The van der Waals surface area contributed by atoms with E-state index in [0.717, 1.165) is 12.1 Å². The molecule has 1 atom stereocenters. The summed E-state index contributed by atoms with van der Waals surface area (Å²) in [6.45, 7) is 4.48. The fraction of sp³-hybridized carbons (Fsp3) is 0.192. The molecule has 1 aliphatic rings. The topological polar surface area (TPSA) is 69.4 Å².